The van der Waals surface area contributed by atoms with Crippen LogP contribution in [0.15, 0.2) is 0 Å². The first kappa shape index (κ1) is 10.9. The second kappa shape index (κ2) is 4.07. The fourth-order valence-electron chi connectivity index (χ4n) is 1.27. The molecule has 0 amide bonds. The molecule has 0 aromatic carbocycles. The van der Waals surface area contributed by atoms with Crippen LogP contribution in [0.3, 0.4) is 0 Å². The van der Waals surface area contributed by atoms with Gasteiger partial charge in [-0.1, -0.05) is 13.8 Å². The van der Waals surface area contributed by atoms with E-state index in [1.807, 2.05) is 27.7 Å². The minimum atomic E-state index is -0.112. The Morgan fingerprint density at radius 2 is 1.64 bits per heavy atom. The molecule has 2 unspecified atom stereocenters. The topological polar surface area (TPSA) is 21.3 Å². The predicted molar refractivity (Wildman–Crippen MR) is 48.6 cm³/mol. The molecule has 11 heavy (non-hydrogen) atoms. The van der Waals surface area contributed by atoms with Crippen LogP contribution >= 0.6 is 0 Å². The van der Waals surface area contributed by atoms with Gasteiger partial charge in [-0.3, -0.25) is 5.32 Å². The molecule has 0 saturated carbocycles. The van der Waals surface area contributed by atoms with E-state index in [0.717, 1.165) is 0 Å². The van der Waals surface area contributed by atoms with Crippen molar-refractivity contribution >= 4 is 0 Å². The molecule has 0 aromatic rings. The van der Waals surface area contributed by atoms with E-state index in [1.54, 1.807) is 0 Å². The summed E-state index contributed by atoms with van der Waals surface area (Å²) in [6.45, 7) is 12.3. The molecule has 68 valence electrons. The summed E-state index contributed by atoms with van der Waals surface area (Å²) >= 11 is 0. The molecule has 1 heterocycles. The lowest BCUT2D eigenvalue weighted by Crippen LogP contribution is -2.37. The van der Waals surface area contributed by atoms with Gasteiger partial charge in [0.25, 0.3) is 0 Å². The van der Waals surface area contributed by atoms with Crippen molar-refractivity contribution in [2.24, 2.45) is 0 Å². The Hall–Kier alpha value is -0.0800. The minimum absolute atomic E-state index is 0.112. The summed E-state index contributed by atoms with van der Waals surface area (Å²) in [6, 6.07) is 0.486. The first-order valence-electron chi connectivity index (χ1n) is 4.47. The van der Waals surface area contributed by atoms with Crippen LogP contribution in [0.1, 0.15) is 41.5 Å². The van der Waals surface area contributed by atoms with Gasteiger partial charge in [-0.25, -0.2) is 0 Å². The lowest BCUT2D eigenvalue weighted by molar-refractivity contribution is -0.0168. The predicted octanol–water partition coefficient (Wildman–Crippen LogP) is 2.15. The second-order valence-corrected chi connectivity index (χ2v) is 3.27. The number of nitrogens with one attached hydrogen (secondary N) is 1. The highest BCUT2D eigenvalue weighted by molar-refractivity contribution is 4.84. The maximum absolute atomic E-state index is 5.55. The molecule has 1 fully saturated rings. The fraction of sp³-hybridized carbons (Fsp3) is 1.00. The largest absolute Gasteiger partial charge is 0.357 e. The van der Waals surface area contributed by atoms with Crippen LogP contribution in [-0.4, -0.2) is 17.9 Å². The molecule has 0 aliphatic carbocycles. The van der Waals surface area contributed by atoms with Crippen molar-refractivity contribution in [3.8, 4) is 0 Å². The van der Waals surface area contributed by atoms with Crippen molar-refractivity contribution in [2.75, 3.05) is 0 Å². The molecule has 1 rings (SSSR count). The van der Waals surface area contributed by atoms with Gasteiger partial charge in [-0.2, -0.15) is 0 Å². The Kier molecular flexibility index (Phi) is 4.04. The van der Waals surface area contributed by atoms with Crippen molar-refractivity contribution in [2.45, 2.75) is 59.4 Å². The van der Waals surface area contributed by atoms with Crippen molar-refractivity contribution in [3.05, 3.63) is 0 Å². The molecule has 0 aromatic heterocycles. The van der Waals surface area contributed by atoms with Crippen LogP contribution in [0.2, 0.25) is 0 Å². The lowest BCUT2D eigenvalue weighted by atomic mass is 10.2. The molecule has 1 aliphatic rings. The van der Waals surface area contributed by atoms with Crippen molar-refractivity contribution in [3.63, 3.8) is 0 Å². The molecule has 1 aliphatic heterocycles. The smallest absolute Gasteiger partial charge is 0.114 e. The standard InChI is InChI=1S/C7H15NO.C2H6/c1-5-6(2)9-7(3,4)8-5;1-2/h5-6,8H,1-4H3;1-2H3. The molecule has 1 saturated heterocycles. The number of rotatable bonds is 0. The molecule has 2 nitrogen and oxygen atoms in total. The van der Waals surface area contributed by atoms with E-state index in [2.05, 4.69) is 19.2 Å². The van der Waals surface area contributed by atoms with Gasteiger partial charge >= 0.3 is 0 Å². The average molecular weight is 159 g/mol. The van der Waals surface area contributed by atoms with Gasteiger partial charge in [-0.05, 0) is 27.7 Å². The fourth-order valence-corrected chi connectivity index (χ4v) is 1.27. The molecule has 0 bridgehead atoms. The van der Waals surface area contributed by atoms with Crippen molar-refractivity contribution in [1.82, 2.24) is 5.32 Å². The Morgan fingerprint density at radius 1 is 1.18 bits per heavy atom. The second-order valence-electron chi connectivity index (χ2n) is 3.27. The summed E-state index contributed by atoms with van der Waals surface area (Å²) in [4.78, 5) is 0. The Morgan fingerprint density at radius 3 is 1.73 bits per heavy atom. The summed E-state index contributed by atoms with van der Waals surface area (Å²) in [5, 5.41) is 3.32. The normalized spacial score (nSPS) is 34.4. The van der Waals surface area contributed by atoms with E-state index in [0.29, 0.717) is 12.1 Å². The van der Waals surface area contributed by atoms with Crippen LogP contribution in [0.4, 0.5) is 0 Å². The van der Waals surface area contributed by atoms with Crippen LogP contribution in [0, 0.1) is 0 Å². The van der Waals surface area contributed by atoms with E-state index in [1.165, 1.54) is 0 Å². The third kappa shape index (κ3) is 3.21. The zero-order chi connectivity index (χ0) is 9.07. The number of hydrogen-bond donors (Lipinski definition) is 1. The van der Waals surface area contributed by atoms with Gasteiger partial charge in [0, 0.05) is 6.04 Å². The highest BCUT2D eigenvalue weighted by atomic mass is 16.5. The summed E-state index contributed by atoms with van der Waals surface area (Å²) in [7, 11) is 0. The third-order valence-electron chi connectivity index (χ3n) is 1.76. The van der Waals surface area contributed by atoms with E-state index < -0.39 is 0 Å². The summed E-state index contributed by atoms with van der Waals surface area (Å²) < 4.78 is 5.55. The van der Waals surface area contributed by atoms with Crippen LogP contribution in [-0.2, 0) is 4.74 Å². The van der Waals surface area contributed by atoms with Crippen molar-refractivity contribution in [1.29, 1.82) is 0 Å². The SMILES string of the molecule is CC.CC1NC(C)(C)OC1C. The Bertz CT molecular complexity index is 100. The highest BCUT2D eigenvalue weighted by Gasteiger charge is 2.33. The number of hydrogen-bond acceptors (Lipinski definition) is 2. The monoisotopic (exact) mass is 159 g/mol. The van der Waals surface area contributed by atoms with Crippen molar-refractivity contribution < 1.29 is 4.74 Å². The van der Waals surface area contributed by atoms with Gasteiger partial charge in [-0.15, -0.1) is 0 Å². The van der Waals surface area contributed by atoms with E-state index >= 15 is 0 Å². The molecular formula is C9H21NO. The van der Waals surface area contributed by atoms with Gasteiger partial charge in [0.2, 0.25) is 0 Å². The molecule has 0 spiro atoms. The third-order valence-corrected chi connectivity index (χ3v) is 1.76. The summed E-state index contributed by atoms with van der Waals surface area (Å²) in [5.41, 5.74) is -0.112. The zero-order valence-electron chi connectivity index (χ0n) is 8.56. The molecule has 2 heteroatoms. The lowest BCUT2D eigenvalue weighted by Gasteiger charge is -2.17. The minimum Gasteiger partial charge on any atom is -0.357 e. The molecule has 2 atom stereocenters. The average Bonchev–Trinajstić information content (AvgIpc) is 2.10. The van der Waals surface area contributed by atoms with Gasteiger partial charge in [0.05, 0.1) is 6.10 Å². The first-order chi connectivity index (χ1) is 5.01. The summed E-state index contributed by atoms with van der Waals surface area (Å²) in [6.07, 6.45) is 0.347. The molecular weight excluding hydrogens is 138 g/mol. The van der Waals surface area contributed by atoms with Gasteiger partial charge in [0.1, 0.15) is 5.72 Å². The Balaban J connectivity index is 0.000000461. The first-order valence-corrected chi connectivity index (χ1v) is 4.47. The van der Waals surface area contributed by atoms with E-state index in [-0.39, 0.29) is 5.72 Å². The van der Waals surface area contributed by atoms with Crippen LogP contribution < -0.4 is 5.32 Å². The zero-order valence-corrected chi connectivity index (χ0v) is 8.56. The van der Waals surface area contributed by atoms with Gasteiger partial charge < -0.3 is 4.74 Å². The maximum atomic E-state index is 5.55. The van der Waals surface area contributed by atoms with E-state index in [4.69, 9.17) is 4.74 Å². The van der Waals surface area contributed by atoms with Gasteiger partial charge in [0.15, 0.2) is 0 Å². The highest BCUT2D eigenvalue weighted by Crippen LogP contribution is 2.19. The number of ether oxygens (including phenoxy) is 1. The Labute approximate surface area is 70.3 Å². The summed E-state index contributed by atoms with van der Waals surface area (Å²) in [5.74, 6) is 0. The maximum Gasteiger partial charge on any atom is 0.114 e. The molecule has 1 N–H and O–H groups in total. The van der Waals surface area contributed by atoms with E-state index in [9.17, 15) is 0 Å². The van der Waals surface area contributed by atoms with Crippen LogP contribution in [0.25, 0.3) is 0 Å². The quantitative estimate of drug-likeness (QED) is 0.584. The molecule has 0 radical (unpaired) electrons. The van der Waals surface area contributed by atoms with Crippen LogP contribution in [0.5, 0.6) is 0 Å².